The summed E-state index contributed by atoms with van der Waals surface area (Å²) in [6.45, 7) is 3.03. The van der Waals surface area contributed by atoms with Crippen LogP contribution in [0.2, 0.25) is 0 Å². The van der Waals surface area contributed by atoms with Crippen molar-refractivity contribution in [2.75, 3.05) is 13.1 Å². The first kappa shape index (κ1) is 23.4. The SMILES string of the molecule is C[C@H](Oc1ccc(-c2cccc(S(=O)(=O)N3CCCC3)c2)cc1)[C@H](O)CCc1cccnc1. The molecule has 2 atom stereocenters. The maximum atomic E-state index is 12.9. The molecule has 6 nitrogen and oxygen atoms in total. The standard InChI is InChI=1S/C26H30N2O4S/c1-20(26(29)14-9-21-6-5-15-27-19-21)32-24-12-10-22(11-13-24)23-7-4-8-25(18-23)33(30,31)28-16-2-3-17-28/h4-8,10-13,15,18-20,26,29H,2-3,9,14,16-17H2,1H3/t20-,26+/m0/s1. The van der Waals surface area contributed by atoms with Gasteiger partial charge in [-0.2, -0.15) is 4.31 Å². The highest BCUT2D eigenvalue weighted by Crippen LogP contribution is 2.28. The highest BCUT2D eigenvalue weighted by Gasteiger charge is 2.27. The topological polar surface area (TPSA) is 79.7 Å². The first-order valence-corrected chi connectivity index (χ1v) is 12.8. The average Bonchev–Trinajstić information content (AvgIpc) is 3.40. The summed E-state index contributed by atoms with van der Waals surface area (Å²) in [4.78, 5) is 4.42. The summed E-state index contributed by atoms with van der Waals surface area (Å²) >= 11 is 0. The zero-order valence-electron chi connectivity index (χ0n) is 18.8. The predicted octanol–water partition coefficient (Wildman–Crippen LogP) is 4.29. The first-order valence-electron chi connectivity index (χ1n) is 11.4. The number of hydrogen-bond donors (Lipinski definition) is 1. The monoisotopic (exact) mass is 466 g/mol. The van der Waals surface area contributed by atoms with Crippen LogP contribution < -0.4 is 4.74 Å². The van der Waals surface area contributed by atoms with Gasteiger partial charge >= 0.3 is 0 Å². The van der Waals surface area contributed by atoms with E-state index in [4.69, 9.17) is 4.74 Å². The quantitative estimate of drug-likeness (QED) is 0.509. The molecule has 33 heavy (non-hydrogen) atoms. The molecule has 0 saturated carbocycles. The number of pyridine rings is 1. The van der Waals surface area contributed by atoms with Crippen molar-refractivity contribution >= 4 is 10.0 Å². The van der Waals surface area contributed by atoms with Crippen molar-refractivity contribution in [3.8, 4) is 16.9 Å². The van der Waals surface area contributed by atoms with E-state index in [1.165, 1.54) is 0 Å². The highest BCUT2D eigenvalue weighted by molar-refractivity contribution is 7.89. The third kappa shape index (κ3) is 5.79. The predicted molar refractivity (Wildman–Crippen MR) is 129 cm³/mol. The molecular weight excluding hydrogens is 436 g/mol. The molecule has 2 heterocycles. The fraction of sp³-hybridized carbons (Fsp3) is 0.346. The summed E-state index contributed by atoms with van der Waals surface area (Å²) < 4.78 is 33.3. The van der Waals surface area contributed by atoms with E-state index in [0.29, 0.717) is 30.2 Å². The number of nitrogens with zero attached hydrogens (tertiary/aromatic N) is 2. The number of ether oxygens (including phenoxy) is 1. The van der Waals surface area contributed by atoms with Gasteiger partial charge in [-0.25, -0.2) is 8.42 Å². The minimum Gasteiger partial charge on any atom is -0.488 e. The lowest BCUT2D eigenvalue weighted by atomic mass is 10.0. The van der Waals surface area contributed by atoms with E-state index < -0.39 is 16.1 Å². The lowest BCUT2D eigenvalue weighted by Crippen LogP contribution is -2.29. The molecule has 1 aliphatic rings. The zero-order chi connectivity index (χ0) is 23.3. The second-order valence-corrected chi connectivity index (χ2v) is 10.4. The Balaban J connectivity index is 1.39. The van der Waals surface area contributed by atoms with Gasteiger partial charge in [0, 0.05) is 25.5 Å². The lowest BCUT2D eigenvalue weighted by molar-refractivity contribution is 0.0420. The van der Waals surface area contributed by atoms with Crippen LogP contribution >= 0.6 is 0 Å². The number of aromatic nitrogens is 1. The number of hydrogen-bond acceptors (Lipinski definition) is 5. The summed E-state index contributed by atoms with van der Waals surface area (Å²) in [6.07, 6.45) is 5.73. The molecule has 0 unspecified atom stereocenters. The van der Waals surface area contributed by atoms with Gasteiger partial charge in [0.15, 0.2) is 0 Å². The number of sulfonamides is 1. The summed E-state index contributed by atoms with van der Waals surface area (Å²) in [6, 6.07) is 18.5. The molecule has 174 valence electrons. The Kier molecular flexibility index (Phi) is 7.42. The maximum absolute atomic E-state index is 12.9. The van der Waals surface area contributed by atoms with Crippen molar-refractivity contribution in [3.63, 3.8) is 0 Å². The normalized spacial score (nSPS) is 16.4. The van der Waals surface area contributed by atoms with E-state index in [-0.39, 0.29) is 6.10 Å². The molecule has 0 amide bonds. The second-order valence-electron chi connectivity index (χ2n) is 8.45. The smallest absolute Gasteiger partial charge is 0.243 e. The Bertz CT molecular complexity index is 1140. The van der Waals surface area contributed by atoms with Crippen LogP contribution in [-0.2, 0) is 16.4 Å². The summed E-state index contributed by atoms with van der Waals surface area (Å²) in [5.74, 6) is 0.660. The molecule has 0 radical (unpaired) electrons. The van der Waals surface area contributed by atoms with Crippen LogP contribution in [-0.4, -0.2) is 48.1 Å². The minimum absolute atomic E-state index is 0.326. The molecular formula is C26H30N2O4S. The lowest BCUT2D eigenvalue weighted by Gasteiger charge is -2.21. The van der Waals surface area contributed by atoms with Crippen LogP contribution in [0.3, 0.4) is 0 Å². The van der Waals surface area contributed by atoms with Gasteiger partial charge in [-0.05, 0) is 79.6 Å². The third-order valence-corrected chi connectivity index (χ3v) is 7.93. The van der Waals surface area contributed by atoms with Gasteiger partial charge in [0.1, 0.15) is 11.9 Å². The minimum atomic E-state index is -3.45. The Morgan fingerprint density at radius 2 is 1.79 bits per heavy atom. The van der Waals surface area contributed by atoms with Gasteiger partial charge < -0.3 is 9.84 Å². The number of rotatable bonds is 9. The van der Waals surface area contributed by atoms with Crippen molar-refractivity contribution in [3.05, 3.63) is 78.6 Å². The molecule has 0 aliphatic carbocycles. The fourth-order valence-corrected chi connectivity index (χ4v) is 5.59. The molecule has 1 fully saturated rings. The number of aryl methyl sites for hydroxylation is 1. The Labute approximate surface area is 195 Å². The van der Waals surface area contributed by atoms with Crippen molar-refractivity contribution in [1.29, 1.82) is 0 Å². The van der Waals surface area contributed by atoms with Gasteiger partial charge in [0.25, 0.3) is 0 Å². The molecule has 4 rings (SSSR count). The van der Waals surface area contributed by atoms with Crippen molar-refractivity contribution < 1.29 is 18.3 Å². The van der Waals surface area contributed by atoms with E-state index in [2.05, 4.69) is 4.98 Å². The number of aliphatic hydroxyl groups excluding tert-OH is 1. The van der Waals surface area contributed by atoms with Gasteiger partial charge in [-0.15, -0.1) is 0 Å². The molecule has 0 bridgehead atoms. The van der Waals surface area contributed by atoms with Crippen molar-refractivity contribution in [1.82, 2.24) is 9.29 Å². The Hall–Kier alpha value is -2.74. The largest absolute Gasteiger partial charge is 0.488 e. The molecule has 0 spiro atoms. The van der Waals surface area contributed by atoms with Gasteiger partial charge in [-0.1, -0.05) is 30.3 Å². The van der Waals surface area contributed by atoms with Crippen LogP contribution in [0.5, 0.6) is 5.75 Å². The summed E-state index contributed by atoms with van der Waals surface area (Å²) in [7, 11) is -3.45. The van der Waals surface area contributed by atoms with Crippen LogP contribution in [0.25, 0.3) is 11.1 Å². The molecule has 3 aromatic rings. The average molecular weight is 467 g/mol. The molecule has 1 aromatic heterocycles. The molecule has 1 N–H and O–H groups in total. The fourth-order valence-electron chi connectivity index (χ4n) is 4.03. The number of aliphatic hydroxyl groups is 1. The Morgan fingerprint density at radius 3 is 2.48 bits per heavy atom. The molecule has 1 saturated heterocycles. The van der Waals surface area contributed by atoms with E-state index in [9.17, 15) is 13.5 Å². The first-order chi connectivity index (χ1) is 15.9. The third-order valence-electron chi connectivity index (χ3n) is 6.04. The maximum Gasteiger partial charge on any atom is 0.243 e. The second kappa shape index (κ2) is 10.5. The van der Waals surface area contributed by atoms with Crippen LogP contribution in [0.1, 0.15) is 31.7 Å². The van der Waals surface area contributed by atoms with Crippen LogP contribution in [0.15, 0.2) is 78.0 Å². The molecule has 1 aliphatic heterocycles. The summed E-state index contributed by atoms with van der Waals surface area (Å²) in [5.41, 5.74) is 2.83. The summed E-state index contributed by atoms with van der Waals surface area (Å²) in [5, 5.41) is 10.5. The zero-order valence-corrected chi connectivity index (χ0v) is 19.6. The van der Waals surface area contributed by atoms with Gasteiger partial charge in [0.05, 0.1) is 11.0 Å². The van der Waals surface area contributed by atoms with E-state index in [1.807, 2.05) is 55.6 Å². The van der Waals surface area contributed by atoms with Crippen LogP contribution in [0.4, 0.5) is 0 Å². The van der Waals surface area contributed by atoms with E-state index in [1.54, 1.807) is 28.7 Å². The van der Waals surface area contributed by atoms with E-state index in [0.717, 1.165) is 36.0 Å². The van der Waals surface area contributed by atoms with Crippen molar-refractivity contribution in [2.24, 2.45) is 0 Å². The molecule has 2 aromatic carbocycles. The van der Waals surface area contributed by atoms with Gasteiger partial charge in [-0.3, -0.25) is 4.98 Å². The van der Waals surface area contributed by atoms with Crippen LogP contribution in [0, 0.1) is 0 Å². The van der Waals surface area contributed by atoms with Gasteiger partial charge in [0.2, 0.25) is 10.0 Å². The highest BCUT2D eigenvalue weighted by atomic mass is 32.2. The Morgan fingerprint density at radius 1 is 1.03 bits per heavy atom. The molecule has 7 heteroatoms. The number of benzene rings is 2. The van der Waals surface area contributed by atoms with E-state index >= 15 is 0 Å². The van der Waals surface area contributed by atoms with Crippen molar-refractivity contribution in [2.45, 2.75) is 49.7 Å².